The summed E-state index contributed by atoms with van der Waals surface area (Å²) in [6.07, 6.45) is 0. The highest BCUT2D eigenvalue weighted by atomic mass is 19.1. The lowest BCUT2D eigenvalue weighted by atomic mass is 9.96. The number of anilines is 1. The number of hydrogen-bond acceptors (Lipinski definition) is 1. The summed E-state index contributed by atoms with van der Waals surface area (Å²) in [7, 11) is 0. The van der Waals surface area contributed by atoms with Crippen molar-refractivity contribution in [3.8, 4) is 11.1 Å². The molecule has 0 aliphatic rings. The van der Waals surface area contributed by atoms with Crippen LogP contribution in [0, 0.1) is 19.7 Å². The number of carbonyl (C=O) groups is 1. The Bertz CT molecular complexity index is 934. The van der Waals surface area contributed by atoms with Gasteiger partial charge in [-0.15, -0.1) is 0 Å². The molecule has 0 spiro atoms. The van der Waals surface area contributed by atoms with Crippen molar-refractivity contribution in [3.05, 3.63) is 89.2 Å². The van der Waals surface area contributed by atoms with E-state index in [1.165, 1.54) is 6.07 Å². The molecule has 0 heterocycles. The number of benzene rings is 3. The first-order valence-electron chi connectivity index (χ1n) is 8.68. The molecule has 1 N–H and O–H groups in total. The van der Waals surface area contributed by atoms with Crippen LogP contribution in [0.2, 0.25) is 0 Å². The van der Waals surface area contributed by atoms with Crippen LogP contribution in [0.1, 0.15) is 29.5 Å². The van der Waals surface area contributed by atoms with Gasteiger partial charge in [0.2, 0.25) is 5.91 Å². The molecular formula is C23H22FNO. The van der Waals surface area contributed by atoms with Crippen molar-refractivity contribution in [1.82, 2.24) is 0 Å². The number of halogens is 1. The molecule has 0 bridgehead atoms. The SMILES string of the molecule is Cc1ccc(NC(=O)[C@@H](C)c2ccc(-c3ccccc3)c(F)c2)c(C)c1. The summed E-state index contributed by atoms with van der Waals surface area (Å²) in [4.78, 5) is 12.6. The van der Waals surface area contributed by atoms with Crippen LogP contribution in [0.5, 0.6) is 0 Å². The quantitative estimate of drug-likeness (QED) is 0.630. The standard InChI is InChI=1S/C23H22FNO/c1-15-9-12-22(16(2)13-15)25-23(26)17(3)19-10-11-20(21(24)14-19)18-7-5-4-6-8-18/h4-14,17H,1-3H3,(H,25,26)/t17-/m0/s1. The summed E-state index contributed by atoms with van der Waals surface area (Å²) in [5.74, 6) is -0.918. The Kier molecular flexibility index (Phi) is 5.17. The van der Waals surface area contributed by atoms with Crippen molar-refractivity contribution >= 4 is 11.6 Å². The highest BCUT2D eigenvalue weighted by Gasteiger charge is 2.18. The van der Waals surface area contributed by atoms with E-state index < -0.39 is 5.92 Å². The Hall–Kier alpha value is -2.94. The Morgan fingerprint density at radius 1 is 0.962 bits per heavy atom. The van der Waals surface area contributed by atoms with E-state index in [0.717, 1.165) is 22.4 Å². The number of amides is 1. The Balaban J connectivity index is 1.80. The van der Waals surface area contributed by atoms with Crippen molar-refractivity contribution in [1.29, 1.82) is 0 Å². The molecule has 0 aromatic heterocycles. The summed E-state index contributed by atoms with van der Waals surface area (Å²) in [6, 6.07) is 20.3. The van der Waals surface area contributed by atoms with Crippen LogP contribution in [-0.2, 0) is 4.79 Å². The van der Waals surface area contributed by atoms with Crippen molar-refractivity contribution in [2.24, 2.45) is 0 Å². The van der Waals surface area contributed by atoms with Crippen molar-refractivity contribution < 1.29 is 9.18 Å². The largest absolute Gasteiger partial charge is 0.325 e. The van der Waals surface area contributed by atoms with Crippen LogP contribution in [0.3, 0.4) is 0 Å². The zero-order valence-electron chi connectivity index (χ0n) is 15.2. The third kappa shape index (κ3) is 3.83. The fourth-order valence-corrected chi connectivity index (χ4v) is 3.00. The molecule has 3 heteroatoms. The summed E-state index contributed by atoms with van der Waals surface area (Å²) >= 11 is 0. The normalized spacial score (nSPS) is 11.8. The van der Waals surface area contributed by atoms with E-state index in [-0.39, 0.29) is 11.7 Å². The number of carbonyl (C=O) groups excluding carboxylic acids is 1. The second-order valence-electron chi connectivity index (χ2n) is 6.63. The highest BCUT2D eigenvalue weighted by Crippen LogP contribution is 2.27. The maximum atomic E-state index is 14.6. The lowest BCUT2D eigenvalue weighted by Crippen LogP contribution is -2.19. The molecule has 132 valence electrons. The van der Waals surface area contributed by atoms with E-state index in [9.17, 15) is 9.18 Å². The van der Waals surface area contributed by atoms with Crippen LogP contribution in [0.25, 0.3) is 11.1 Å². The van der Waals surface area contributed by atoms with Crippen LogP contribution in [0.4, 0.5) is 10.1 Å². The smallest absolute Gasteiger partial charge is 0.231 e. The minimum absolute atomic E-state index is 0.149. The molecule has 1 atom stereocenters. The van der Waals surface area contributed by atoms with Gasteiger partial charge in [0.25, 0.3) is 0 Å². The average Bonchev–Trinajstić information content (AvgIpc) is 2.64. The van der Waals surface area contributed by atoms with Crippen molar-refractivity contribution in [3.63, 3.8) is 0 Å². The molecule has 2 nitrogen and oxygen atoms in total. The van der Waals surface area contributed by atoms with Gasteiger partial charge in [-0.1, -0.05) is 60.2 Å². The van der Waals surface area contributed by atoms with Crippen LogP contribution in [0.15, 0.2) is 66.7 Å². The van der Waals surface area contributed by atoms with E-state index in [2.05, 4.69) is 5.32 Å². The first-order chi connectivity index (χ1) is 12.5. The van der Waals surface area contributed by atoms with Gasteiger partial charge in [0.05, 0.1) is 5.92 Å². The van der Waals surface area contributed by atoms with Gasteiger partial charge in [-0.25, -0.2) is 4.39 Å². The molecule has 3 rings (SSSR count). The molecule has 3 aromatic carbocycles. The number of aryl methyl sites for hydroxylation is 2. The molecule has 0 aliphatic carbocycles. The predicted octanol–water partition coefficient (Wildman–Crippen LogP) is 5.85. The molecule has 1 amide bonds. The maximum absolute atomic E-state index is 14.6. The summed E-state index contributed by atoms with van der Waals surface area (Å²) in [5.41, 5.74) is 4.96. The van der Waals surface area contributed by atoms with Gasteiger partial charge in [-0.3, -0.25) is 4.79 Å². The van der Waals surface area contributed by atoms with Gasteiger partial charge >= 0.3 is 0 Å². The first-order valence-corrected chi connectivity index (χ1v) is 8.68. The zero-order chi connectivity index (χ0) is 18.7. The Labute approximate surface area is 153 Å². The topological polar surface area (TPSA) is 29.1 Å². The third-order valence-electron chi connectivity index (χ3n) is 4.61. The van der Waals surface area contributed by atoms with Crippen molar-refractivity contribution in [2.75, 3.05) is 5.32 Å². The Morgan fingerprint density at radius 3 is 2.35 bits per heavy atom. The molecule has 0 saturated heterocycles. The van der Waals surface area contributed by atoms with Crippen LogP contribution in [-0.4, -0.2) is 5.91 Å². The molecular weight excluding hydrogens is 325 g/mol. The van der Waals surface area contributed by atoms with E-state index in [1.807, 2.05) is 68.4 Å². The third-order valence-corrected chi connectivity index (χ3v) is 4.61. The molecule has 0 radical (unpaired) electrons. The molecule has 0 saturated carbocycles. The highest BCUT2D eigenvalue weighted by molar-refractivity contribution is 5.96. The molecule has 0 aliphatic heterocycles. The zero-order valence-corrected chi connectivity index (χ0v) is 15.2. The Morgan fingerprint density at radius 2 is 1.69 bits per heavy atom. The monoisotopic (exact) mass is 347 g/mol. The number of nitrogens with one attached hydrogen (secondary N) is 1. The van der Waals surface area contributed by atoms with E-state index in [4.69, 9.17) is 0 Å². The second kappa shape index (κ2) is 7.52. The summed E-state index contributed by atoms with van der Waals surface area (Å²) in [5, 5.41) is 2.94. The summed E-state index contributed by atoms with van der Waals surface area (Å²) in [6.45, 7) is 5.76. The van der Waals surface area contributed by atoms with E-state index in [0.29, 0.717) is 11.1 Å². The van der Waals surface area contributed by atoms with Gasteiger partial charge in [-0.2, -0.15) is 0 Å². The first kappa shape index (κ1) is 17.9. The lowest BCUT2D eigenvalue weighted by molar-refractivity contribution is -0.117. The number of hydrogen-bond donors (Lipinski definition) is 1. The van der Waals surface area contributed by atoms with Gasteiger partial charge in [0.1, 0.15) is 5.82 Å². The fraction of sp³-hybridized carbons (Fsp3) is 0.174. The lowest BCUT2D eigenvalue weighted by Gasteiger charge is -2.15. The van der Waals surface area contributed by atoms with Crippen LogP contribution >= 0.6 is 0 Å². The maximum Gasteiger partial charge on any atom is 0.231 e. The average molecular weight is 347 g/mol. The molecule has 3 aromatic rings. The van der Waals surface area contributed by atoms with Gasteiger partial charge in [0, 0.05) is 11.3 Å². The molecule has 0 fully saturated rings. The fourth-order valence-electron chi connectivity index (χ4n) is 3.00. The van der Waals surface area contributed by atoms with Gasteiger partial charge in [-0.05, 0) is 49.6 Å². The van der Waals surface area contributed by atoms with Crippen LogP contribution < -0.4 is 5.32 Å². The van der Waals surface area contributed by atoms with E-state index in [1.54, 1.807) is 13.0 Å². The second-order valence-corrected chi connectivity index (χ2v) is 6.63. The van der Waals surface area contributed by atoms with Gasteiger partial charge < -0.3 is 5.32 Å². The summed E-state index contributed by atoms with van der Waals surface area (Å²) < 4.78 is 14.6. The minimum Gasteiger partial charge on any atom is -0.325 e. The molecule has 0 unspecified atom stereocenters. The predicted molar refractivity (Wildman–Crippen MR) is 105 cm³/mol. The van der Waals surface area contributed by atoms with Gasteiger partial charge in [0.15, 0.2) is 0 Å². The van der Waals surface area contributed by atoms with E-state index >= 15 is 0 Å². The number of rotatable bonds is 4. The minimum atomic E-state index is -0.449. The van der Waals surface area contributed by atoms with Crippen molar-refractivity contribution in [2.45, 2.75) is 26.7 Å². The molecule has 26 heavy (non-hydrogen) atoms.